The van der Waals surface area contributed by atoms with Crippen LogP contribution in [0.25, 0.3) is 0 Å². The first-order valence-electron chi connectivity index (χ1n) is 4.35. The van der Waals surface area contributed by atoms with E-state index in [0.29, 0.717) is 12.2 Å². The average Bonchev–Trinajstić information content (AvgIpc) is 1.99. The third kappa shape index (κ3) is 6.12. The molecule has 0 aliphatic heterocycles. The van der Waals surface area contributed by atoms with Gasteiger partial charge in [0.2, 0.25) is 0 Å². The summed E-state index contributed by atoms with van der Waals surface area (Å²) in [6.45, 7) is 9.63. The molecule has 13 heavy (non-hydrogen) atoms. The second-order valence-electron chi connectivity index (χ2n) is 3.74. The SMILES string of the molecule is CCOC(=O)C(C)=C=NC(C)(C)C. The van der Waals surface area contributed by atoms with Crippen molar-refractivity contribution < 1.29 is 9.53 Å². The Kier molecular flexibility index (Phi) is 4.43. The zero-order valence-electron chi connectivity index (χ0n) is 8.97. The van der Waals surface area contributed by atoms with E-state index in [0.717, 1.165) is 0 Å². The maximum atomic E-state index is 11.1. The number of hydrogen-bond donors (Lipinski definition) is 0. The van der Waals surface area contributed by atoms with Crippen molar-refractivity contribution >= 4 is 11.8 Å². The van der Waals surface area contributed by atoms with Crippen LogP contribution >= 0.6 is 0 Å². The number of nitrogens with zero attached hydrogens (tertiary/aromatic N) is 1. The first kappa shape index (κ1) is 11.9. The molecule has 0 aromatic heterocycles. The molecule has 0 aromatic carbocycles. The zero-order chi connectivity index (χ0) is 10.5. The molecule has 0 aliphatic rings. The van der Waals surface area contributed by atoms with E-state index in [2.05, 4.69) is 10.9 Å². The van der Waals surface area contributed by atoms with Gasteiger partial charge in [0, 0.05) is 0 Å². The van der Waals surface area contributed by atoms with Crippen molar-refractivity contribution in [2.75, 3.05) is 6.61 Å². The van der Waals surface area contributed by atoms with E-state index in [1.54, 1.807) is 13.8 Å². The van der Waals surface area contributed by atoms with Crippen molar-refractivity contribution in [1.29, 1.82) is 0 Å². The molecule has 3 heteroatoms. The molecule has 74 valence electrons. The second kappa shape index (κ2) is 4.83. The van der Waals surface area contributed by atoms with Crippen LogP contribution in [0.5, 0.6) is 0 Å². The summed E-state index contributed by atoms with van der Waals surface area (Å²) in [5, 5.41) is 0. The number of aliphatic imine (C=N–C) groups is 1. The van der Waals surface area contributed by atoms with Gasteiger partial charge in [-0.3, -0.25) is 0 Å². The molecule has 0 amide bonds. The van der Waals surface area contributed by atoms with Crippen LogP contribution < -0.4 is 0 Å². The van der Waals surface area contributed by atoms with Gasteiger partial charge in [0.1, 0.15) is 0 Å². The molecule has 0 fully saturated rings. The van der Waals surface area contributed by atoms with E-state index in [4.69, 9.17) is 4.74 Å². The highest BCUT2D eigenvalue weighted by atomic mass is 16.5. The number of carbonyl (C=O) groups is 1. The van der Waals surface area contributed by atoms with Crippen LogP contribution in [0.15, 0.2) is 10.6 Å². The molecule has 0 spiro atoms. The molecule has 0 bridgehead atoms. The lowest BCUT2D eigenvalue weighted by atomic mass is 10.1. The summed E-state index contributed by atoms with van der Waals surface area (Å²) in [6, 6.07) is 0. The van der Waals surface area contributed by atoms with E-state index >= 15 is 0 Å². The molecule has 0 rings (SSSR count). The Bertz CT molecular complexity index is 242. The third-order valence-corrected chi connectivity index (χ3v) is 1.14. The van der Waals surface area contributed by atoms with Gasteiger partial charge in [0.05, 0.1) is 17.7 Å². The summed E-state index contributed by atoms with van der Waals surface area (Å²) in [7, 11) is 0. The van der Waals surface area contributed by atoms with E-state index < -0.39 is 0 Å². The van der Waals surface area contributed by atoms with Crippen molar-refractivity contribution in [3.05, 3.63) is 5.57 Å². The van der Waals surface area contributed by atoms with E-state index in [1.165, 1.54) is 0 Å². The van der Waals surface area contributed by atoms with Crippen LogP contribution in [0.3, 0.4) is 0 Å². The fraction of sp³-hybridized carbons (Fsp3) is 0.700. The molecule has 0 aromatic rings. The number of rotatable bonds is 2. The third-order valence-electron chi connectivity index (χ3n) is 1.14. The molecule has 0 unspecified atom stereocenters. The number of carbonyl (C=O) groups excluding carboxylic acids is 1. The maximum absolute atomic E-state index is 11.1. The molecule has 0 aliphatic carbocycles. The van der Waals surface area contributed by atoms with E-state index in [9.17, 15) is 4.79 Å². The summed E-state index contributed by atoms with van der Waals surface area (Å²) in [6.07, 6.45) is 0. The highest BCUT2D eigenvalue weighted by Crippen LogP contribution is 2.04. The first-order valence-corrected chi connectivity index (χ1v) is 4.35. The molecular formula is C10H17NO2. The average molecular weight is 183 g/mol. The minimum absolute atomic E-state index is 0.201. The lowest BCUT2D eigenvalue weighted by molar-refractivity contribution is -0.138. The standard InChI is InChI=1S/C10H17NO2/c1-6-13-9(12)8(2)7-11-10(3,4)5/h6H2,1-5H3. The molecule has 0 N–H and O–H groups in total. The van der Waals surface area contributed by atoms with Crippen molar-refractivity contribution in [3.8, 4) is 0 Å². The quantitative estimate of drug-likeness (QED) is 0.373. The predicted molar refractivity (Wildman–Crippen MR) is 53.0 cm³/mol. The molecule has 0 saturated heterocycles. The summed E-state index contributed by atoms with van der Waals surface area (Å²) >= 11 is 0. The summed E-state index contributed by atoms with van der Waals surface area (Å²) in [5.74, 6) is 2.32. The van der Waals surface area contributed by atoms with E-state index in [-0.39, 0.29) is 11.5 Å². The second-order valence-corrected chi connectivity index (χ2v) is 3.74. The largest absolute Gasteiger partial charge is 0.462 e. The molecule has 0 radical (unpaired) electrons. The lowest BCUT2D eigenvalue weighted by Crippen LogP contribution is -2.10. The van der Waals surface area contributed by atoms with Crippen molar-refractivity contribution in [2.24, 2.45) is 4.99 Å². The Morgan fingerprint density at radius 1 is 1.46 bits per heavy atom. The number of hydrogen-bond acceptors (Lipinski definition) is 3. The number of esters is 1. The lowest BCUT2D eigenvalue weighted by Gasteiger charge is -2.08. The van der Waals surface area contributed by atoms with Crippen LogP contribution in [-0.2, 0) is 9.53 Å². The maximum Gasteiger partial charge on any atom is 0.343 e. The summed E-state index contributed by atoms with van der Waals surface area (Å²) in [5.41, 5.74) is 0.213. The highest BCUT2D eigenvalue weighted by molar-refractivity contribution is 5.97. The Morgan fingerprint density at radius 2 is 2.00 bits per heavy atom. The van der Waals surface area contributed by atoms with E-state index in [1.807, 2.05) is 20.8 Å². The Morgan fingerprint density at radius 3 is 2.38 bits per heavy atom. The first-order chi connectivity index (χ1) is 5.87. The molecule has 3 nitrogen and oxygen atoms in total. The number of ether oxygens (including phenoxy) is 1. The topological polar surface area (TPSA) is 38.7 Å². The van der Waals surface area contributed by atoms with Gasteiger partial charge >= 0.3 is 5.97 Å². The van der Waals surface area contributed by atoms with Crippen LogP contribution in [0, 0.1) is 0 Å². The van der Waals surface area contributed by atoms with Crippen LogP contribution in [0.4, 0.5) is 0 Å². The van der Waals surface area contributed by atoms with Crippen molar-refractivity contribution in [1.82, 2.24) is 0 Å². The Balaban J connectivity index is 4.49. The van der Waals surface area contributed by atoms with Crippen LogP contribution in [0.1, 0.15) is 34.6 Å². The van der Waals surface area contributed by atoms with Gasteiger partial charge in [0.15, 0.2) is 0 Å². The van der Waals surface area contributed by atoms with Crippen molar-refractivity contribution in [2.45, 2.75) is 40.2 Å². The van der Waals surface area contributed by atoms with Gasteiger partial charge < -0.3 is 4.74 Å². The smallest absolute Gasteiger partial charge is 0.343 e. The molecule has 0 saturated carbocycles. The monoisotopic (exact) mass is 183 g/mol. The Hall–Kier alpha value is -1.08. The molecular weight excluding hydrogens is 166 g/mol. The summed E-state index contributed by atoms with van der Waals surface area (Å²) in [4.78, 5) is 15.2. The van der Waals surface area contributed by atoms with Gasteiger partial charge in [-0.15, -0.1) is 0 Å². The van der Waals surface area contributed by atoms with Crippen LogP contribution in [0.2, 0.25) is 0 Å². The van der Waals surface area contributed by atoms with Gasteiger partial charge in [-0.1, -0.05) is 0 Å². The minimum Gasteiger partial charge on any atom is -0.462 e. The molecule has 0 atom stereocenters. The van der Waals surface area contributed by atoms with Gasteiger partial charge in [0.25, 0.3) is 0 Å². The summed E-state index contributed by atoms with van der Waals surface area (Å²) < 4.78 is 4.77. The van der Waals surface area contributed by atoms with Crippen LogP contribution in [-0.4, -0.2) is 24.0 Å². The highest BCUT2D eigenvalue weighted by Gasteiger charge is 2.07. The normalized spacial score (nSPS) is 10.2. The fourth-order valence-electron chi connectivity index (χ4n) is 0.537. The predicted octanol–water partition coefficient (Wildman–Crippen LogP) is 1.96. The minimum atomic E-state index is -0.351. The van der Waals surface area contributed by atoms with Gasteiger partial charge in [-0.25, -0.2) is 9.79 Å². The Labute approximate surface area is 79.5 Å². The van der Waals surface area contributed by atoms with Gasteiger partial charge in [-0.2, -0.15) is 0 Å². The van der Waals surface area contributed by atoms with Gasteiger partial charge in [-0.05, 0) is 40.5 Å². The zero-order valence-corrected chi connectivity index (χ0v) is 8.97. The van der Waals surface area contributed by atoms with Crippen molar-refractivity contribution in [3.63, 3.8) is 0 Å². The fourth-order valence-corrected chi connectivity index (χ4v) is 0.537. The molecule has 0 heterocycles.